The first-order chi connectivity index (χ1) is 33.7. The number of hydrogen-bond acceptors (Lipinski definition) is 0. The first kappa shape index (κ1) is 42.6. The highest BCUT2D eigenvalue weighted by Crippen LogP contribution is 2.42. The van der Waals surface area contributed by atoms with Crippen molar-refractivity contribution in [2.75, 3.05) is 0 Å². The molecule has 2 heterocycles. The lowest BCUT2D eigenvalue weighted by molar-refractivity contribution is 1.18. The minimum atomic E-state index is 0.168. The summed E-state index contributed by atoms with van der Waals surface area (Å²) in [5.74, 6) is 0. The van der Waals surface area contributed by atoms with Crippen LogP contribution in [0.3, 0.4) is 0 Å². The van der Waals surface area contributed by atoms with Gasteiger partial charge >= 0.3 is 0 Å². The van der Waals surface area contributed by atoms with Crippen molar-refractivity contribution < 1.29 is 0 Å². The summed E-state index contributed by atoms with van der Waals surface area (Å²) in [4.78, 5) is 0. The number of benzene rings is 10. The van der Waals surface area contributed by atoms with E-state index in [1.165, 1.54) is 0 Å². The van der Waals surface area contributed by atoms with Crippen LogP contribution in [0.25, 0.3) is 111 Å². The molecule has 0 aliphatic rings. The van der Waals surface area contributed by atoms with Gasteiger partial charge in [0, 0.05) is 38.4 Å². The number of rotatable bonds is 7. The third-order valence-corrected chi connectivity index (χ3v) is 13.7. The first-order valence-electron chi connectivity index (χ1n) is 22.8. The molecule has 0 aliphatic carbocycles. The van der Waals surface area contributed by atoms with Crippen LogP contribution >= 0.6 is 0 Å². The molecule has 0 unspecified atom stereocenters. The van der Waals surface area contributed by atoms with Crippen molar-refractivity contribution in [2.45, 2.75) is 0 Å². The Kier molecular flexibility index (Phi) is 10.4. The Morgan fingerprint density at radius 2 is 0.783 bits per heavy atom. The molecule has 69 heavy (non-hydrogen) atoms. The Balaban J connectivity index is 1.14. The second-order valence-corrected chi connectivity index (χ2v) is 17.6. The molecule has 0 saturated heterocycles. The van der Waals surface area contributed by atoms with E-state index in [2.05, 4.69) is 156 Å². The van der Waals surface area contributed by atoms with Gasteiger partial charge in [0.05, 0.1) is 16.7 Å². The smallest absolute Gasteiger partial charge is 0.115 e. The normalized spacial score (nSPS) is 11.6. The van der Waals surface area contributed by atoms with Gasteiger partial charge in [-0.1, -0.05) is 185 Å². The zero-order valence-corrected chi connectivity index (χ0v) is 37.5. The van der Waals surface area contributed by atoms with Crippen LogP contribution in [0.5, 0.6) is 0 Å². The van der Waals surface area contributed by atoms with E-state index < -0.39 is 0 Å². The Morgan fingerprint density at radius 1 is 0.275 bits per heavy atom. The fourth-order valence-corrected chi connectivity index (χ4v) is 10.4. The third-order valence-electron chi connectivity index (χ3n) is 13.7. The molecule has 0 aliphatic heterocycles. The fraction of sp³-hybridized carbons (Fsp3) is 0. The fourth-order valence-electron chi connectivity index (χ4n) is 10.4. The SMILES string of the molecule is [B]c1c([B])c([B])c2c(c1[B])c1c([B])c(-c3ccc4c(c3)c3c(-c5cccc(-c6ccccc6)c5)cccc3n4-c3ccc(-c4ccccc4)cc3)c([B])c([B])c1n2-c1ccccc1-c1ccccc1. The number of nitrogens with zero attached hydrogens (tertiary/aromatic N) is 2. The summed E-state index contributed by atoms with van der Waals surface area (Å²) in [6, 6.07) is 69.3. The van der Waals surface area contributed by atoms with Crippen LogP contribution in [0.15, 0.2) is 200 Å². The monoisotopic (exact) mass is 858 g/mol. The van der Waals surface area contributed by atoms with Crippen LogP contribution in [-0.4, -0.2) is 64.1 Å². The zero-order valence-electron chi connectivity index (χ0n) is 37.5. The first-order valence-corrected chi connectivity index (χ1v) is 22.8. The highest BCUT2D eigenvalue weighted by molar-refractivity contribution is 6.69. The summed E-state index contributed by atoms with van der Waals surface area (Å²) < 4.78 is 4.31. The summed E-state index contributed by atoms with van der Waals surface area (Å²) in [6.45, 7) is 0. The number of hydrogen-bond donors (Lipinski definition) is 0. The van der Waals surface area contributed by atoms with E-state index >= 15 is 0 Å². The predicted molar refractivity (Wildman–Crippen MR) is 300 cm³/mol. The van der Waals surface area contributed by atoms with Gasteiger partial charge in [-0.3, -0.25) is 0 Å². The van der Waals surface area contributed by atoms with E-state index in [0.717, 1.165) is 83.3 Å². The molecule has 0 atom stereocenters. The van der Waals surface area contributed by atoms with Crippen LogP contribution in [0.1, 0.15) is 0 Å². The minimum absolute atomic E-state index is 0.168. The van der Waals surface area contributed by atoms with Crippen LogP contribution in [0.4, 0.5) is 0 Å². The van der Waals surface area contributed by atoms with E-state index in [-0.39, 0.29) is 21.9 Å². The quantitative estimate of drug-likeness (QED) is 0.145. The number of fused-ring (bicyclic) bond motifs is 6. The maximum Gasteiger partial charge on any atom is 0.115 e. The zero-order chi connectivity index (χ0) is 47.1. The lowest BCUT2D eigenvalue weighted by Gasteiger charge is -2.20. The average molecular weight is 858 g/mol. The molecular weight excluding hydrogens is 824 g/mol. The lowest BCUT2D eigenvalue weighted by atomic mass is 9.64. The van der Waals surface area contributed by atoms with E-state index in [0.29, 0.717) is 43.8 Å². The molecule has 0 spiro atoms. The largest absolute Gasteiger partial charge is 0.310 e. The van der Waals surface area contributed by atoms with Crippen molar-refractivity contribution in [3.63, 3.8) is 0 Å². The van der Waals surface area contributed by atoms with Crippen molar-refractivity contribution in [3.8, 4) is 67.0 Å². The summed E-state index contributed by atoms with van der Waals surface area (Å²) in [6.07, 6.45) is 0. The Bertz CT molecular complexity index is 4010. The standard InChI is InChI=1S/C60H33B7N2/c61-52-48(53(62)57(66)59-50(52)51-54(63)55(64)56(65)58(67)60(51)69(59)45-24-11-10-22-42(45)37-18-8-3-9-19-37)40-28-31-46-44(33-40)49-43(39-21-12-20-38(32-39)35-16-6-2-7-17-35)23-13-25-47(49)68(46)41-29-26-36(27-30-41)34-14-4-1-5-15-34/h1-33H. The highest BCUT2D eigenvalue weighted by atomic mass is 15.0. The van der Waals surface area contributed by atoms with Gasteiger partial charge in [0.1, 0.15) is 54.9 Å². The van der Waals surface area contributed by atoms with E-state index in [4.69, 9.17) is 54.9 Å². The molecule has 2 aromatic heterocycles. The van der Waals surface area contributed by atoms with E-state index in [9.17, 15) is 0 Å². The maximum absolute atomic E-state index is 7.52. The second-order valence-electron chi connectivity index (χ2n) is 17.6. The summed E-state index contributed by atoms with van der Waals surface area (Å²) in [5.41, 5.74) is 16.8. The molecule has 12 aromatic rings. The van der Waals surface area contributed by atoms with Crippen LogP contribution < -0.4 is 38.2 Å². The third kappa shape index (κ3) is 6.73. The van der Waals surface area contributed by atoms with Crippen molar-refractivity contribution >= 4 is 137 Å². The van der Waals surface area contributed by atoms with Gasteiger partial charge in [-0.15, -0.1) is 10.9 Å². The Morgan fingerprint density at radius 3 is 1.48 bits per heavy atom. The Hall–Kier alpha value is -7.75. The van der Waals surface area contributed by atoms with Crippen LogP contribution in [0.2, 0.25) is 0 Å². The lowest BCUT2D eigenvalue weighted by Crippen LogP contribution is -2.48. The summed E-state index contributed by atoms with van der Waals surface area (Å²) in [7, 11) is 49.4. The molecule has 2 nitrogen and oxygen atoms in total. The molecular formula is C60H33B7N2. The molecule has 0 bridgehead atoms. The van der Waals surface area contributed by atoms with E-state index in [1.807, 2.05) is 53.1 Å². The topological polar surface area (TPSA) is 9.86 Å². The highest BCUT2D eigenvalue weighted by Gasteiger charge is 2.26. The molecule has 12 rings (SSSR count). The van der Waals surface area contributed by atoms with Gasteiger partial charge < -0.3 is 9.13 Å². The van der Waals surface area contributed by atoms with Crippen molar-refractivity contribution in [2.24, 2.45) is 0 Å². The average Bonchev–Trinajstić information content (AvgIpc) is 3.94. The van der Waals surface area contributed by atoms with Gasteiger partial charge in [-0.05, 0) is 97.9 Å². The number of aromatic nitrogens is 2. The maximum atomic E-state index is 7.52. The molecule has 10 aromatic carbocycles. The van der Waals surface area contributed by atoms with E-state index in [1.54, 1.807) is 0 Å². The molecule has 304 valence electrons. The molecule has 0 saturated carbocycles. The van der Waals surface area contributed by atoms with Gasteiger partial charge in [0.2, 0.25) is 0 Å². The minimum Gasteiger partial charge on any atom is -0.310 e. The van der Waals surface area contributed by atoms with Gasteiger partial charge in [0.15, 0.2) is 0 Å². The van der Waals surface area contributed by atoms with Crippen molar-refractivity contribution in [1.29, 1.82) is 0 Å². The van der Waals surface area contributed by atoms with Gasteiger partial charge in [-0.2, -0.15) is 0 Å². The van der Waals surface area contributed by atoms with Gasteiger partial charge in [0.25, 0.3) is 0 Å². The number of para-hydroxylation sites is 1. The van der Waals surface area contributed by atoms with Crippen molar-refractivity contribution in [3.05, 3.63) is 200 Å². The Labute approximate surface area is 410 Å². The van der Waals surface area contributed by atoms with Crippen molar-refractivity contribution in [1.82, 2.24) is 9.13 Å². The molecule has 0 amide bonds. The summed E-state index contributed by atoms with van der Waals surface area (Å²) in [5, 5.41) is 3.20. The molecule has 0 N–H and O–H groups in total. The van der Waals surface area contributed by atoms with Crippen LogP contribution in [0, 0.1) is 0 Å². The molecule has 0 fully saturated rings. The van der Waals surface area contributed by atoms with Crippen LogP contribution in [-0.2, 0) is 0 Å². The molecule has 14 radical (unpaired) electrons. The molecule has 9 heteroatoms. The second kappa shape index (κ2) is 16.8. The summed E-state index contributed by atoms with van der Waals surface area (Å²) >= 11 is 0. The predicted octanol–water partition coefficient (Wildman–Crippen LogP) is 7.77. The van der Waals surface area contributed by atoms with Gasteiger partial charge in [-0.25, -0.2) is 0 Å².